The van der Waals surface area contributed by atoms with E-state index in [0.29, 0.717) is 6.54 Å². The summed E-state index contributed by atoms with van der Waals surface area (Å²) in [5.41, 5.74) is 1.17. The molecule has 0 saturated carbocycles. The van der Waals surface area contributed by atoms with Crippen LogP contribution in [0.25, 0.3) is 0 Å². The third-order valence-corrected chi connectivity index (χ3v) is 4.41. The van der Waals surface area contributed by atoms with Crippen LogP contribution in [0, 0.1) is 11.7 Å². The molecule has 1 aliphatic rings. The number of carbonyl (C=O) groups excluding carboxylic acids is 2. The maximum absolute atomic E-state index is 13.6. The van der Waals surface area contributed by atoms with Gasteiger partial charge in [0.05, 0.1) is 17.6 Å². The quantitative estimate of drug-likeness (QED) is 0.936. The van der Waals surface area contributed by atoms with Crippen molar-refractivity contribution < 1.29 is 14.0 Å². The Morgan fingerprint density at radius 2 is 1.83 bits per heavy atom. The molecule has 24 heavy (non-hydrogen) atoms. The monoisotopic (exact) mass is 326 g/mol. The summed E-state index contributed by atoms with van der Waals surface area (Å²) in [6.07, 6.45) is 0.150. The second kappa shape index (κ2) is 6.83. The van der Waals surface area contributed by atoms with Crippen molar-refractivity contribution in [3.63, 3.8) is 0 Å². The zero-order valence-corrected chi connectivity index (χ0v) is 13.4. The third kappa shape index (κ3) is 3.30. The molecular formula is C19H19FN2O2. The van der Waals surface area contributed by atoms with Crippen LogP contribution in [0.15, 0.2) is 54.6 Å². The minimum absolute atomic E-state index is 0.0555. The number of anilines is 1. The first-order valence-electron chi connectivity index (χ1n) is 7.96. The van der Waals surface area contributed by atoms with Gasteiger partial charge in [0.1, 0.15) is 5.82 Å². The van der Waals surface area contributed by atoms with Crippen LogP contribution in [0.5, 0.6) is 0 Å². The van der Waals surface area contributed by atoms with Crippen LogP contribution >= 0.6 is 0 Å². The van der Waals surface area contributed by atoms with Gasteiger partial charge in [0.25, 0.3) is 0 Å². The molecule has 2 atom stereocenters. The Morgan fingerprint density at radius 3 is 2.54 bits per heavy atom. The Bertz CT molecular complexity index is 748. The molecule has 1 heterocycles. The summed E-state index contributed by atoms with van der Waals surface area (Å²) in [5.74, 6) is -1.33. The maximum Gasteiger partial charge on any atom is 0.229 e. The fourth-order valence-electron chi connectivity index (χ4n) is 2.99. The van der Waals surface area contributed by atoms with E-state index >= 15 is 0 Å². The topological polar surface area (TPSA) is 49.4 Å². The van der Waals surface area contributed by atoms with Crippen molar-refractivity contribution in [1.29, 1.82) is 0 Å². The van der Waals surface area contributed by atoms with Crippen LogP contribution in [0.2, 0.25) is 0 Å². The molecule has 2 aromatic rings. The van der Waals surface area contributed by atoms with Gasteiger partial charge in [0, 0.05) is 13.0 Å². The molecular weight excluding hydrogens is 307 g/mol. The van der Waals surface area contributed by atoms with Gasteiger partial charge in [0.15, 0.2) is 0 Å². The SMILES string of the molecule is CC(c1ccccc1)N1CC(C(=O)Nc2ccccc2F)CC1=O. The molecule has 0 spiro atoms. The average Bonchev–Trinajstić information content (AvgIpc) is 2.99. The van der Waals surface area contributed by atoms with Gasteiger partial charge in [-0.25, -0.2) is 4.39 Å². The summed E-state index contributed by atoms with van der Waals surface area (Å²) in [5, 5.41) is 2.58. The van der Waals surface area contributed by atoms with E-state index in [1.165, 1.54) is 12.1 Å². The second-order valence-electron chi connectivity index (χ2n) is 6.00. The molecule has 124 valence electrons. The van der Waals surface area contributed by atoms with E-state index in [0.717, 1.165) is 5.56 Å². The number of nitrogens with one attached hydrogen (secondary N) is 1. The van der Waals surface area contributed by atoms with Crippen LogP contribution < -0.4 is 5.32 Å². The summed E-state index contributed by atoms with van der Waals surface area (Å²) in [4.78, 5) is 26.4. The fraction of sp³-hybridized carbons (Fsp3) is 0.263. The first kappa shape index (κ1) is 16.2. The van der Waals surface area contributed by atoms with Gasteiger partial charge in [-0.15, -0.1) is 0 Å². The number of amides is 2. The van der Waals surface area contributed by atoms with Gasteiger partial charge in [-0.05, 0) is 24.6 Å². The van der Waals surface area contributed by atoms with Crippen LogP contribution in [-0.2, 0) is 9.59 Å². The smallest absolute Gasteiger partial charge is 0.229 e. The number of carbonyl (C=O) groups is 2. The molecule has 2 unspecified atom stereocenters. The molecule has 0 aliphatic carbocycles. The lowest BCUT2D eigenvalue weighted by molar-refractivity contribution is -0.129. The second-order valence-corrected chi connectivity index (χ2v) is 6.00. The number of rotatable bonds is 4. The van der Waals surface area contributed by atoms with Crippen molar-refractivity contribution >= 4 is 17.5 Å². The molecule has 1 N–H and O–H groups in total. The lowest BCUT2D eigenvalue weighted by Gasteiger charge is -2.25. The van der Waals surface area contributed by atoms with E-state index < -0.39 is 11.7 Å². The lowest BCUT2D eigenvalue weighted by atomic mass is 10.1. The van der Waals surface area contributed by atoms with Gasteiger partial charge in [0.2, 0.25) is 11.8 Å². The zero-order chi connectivity index (χ0) is 17.1. The average molecular weight is 326 g/mol. The van der Waals surface area contributed by atoms with Gasteiger partial charge < -0.3 is 10.2 Å². The minimum Gasteiger partial charge on any atom is -0.335 e. The highest BCUT2D eigenvalue weighted by molar-refractivity contribution is 5.97. The van der Waals surface area contributed by atoms with E-state index in [1.54, 1.807) is 17.0 Å². The van der Waals surface area contributed by atoms with Crippen LogP contribution in [0.3, 0.4) is 0 Å². The number of halogens is 1. The van der Waals surface area contributed by atoms with Crippen molar-refractivity contribution in [2.24, 2.45) is 5.92 Å². The van der Waals surface area contributed by atoms with E-state index in [9.17, 15) is 14.0 Å². The third-order valence-electron chi connectivity index (χ3n) is 4.41. The molecule has 3 rings (SSSR count). The number of para-hydroxylation sites is 1. The highest BCUT2D eigenvalue weighted by Crippen LogP contribution is 2.29. The van der Waals surface area contributed by atoms with Crippen molar-refractivity contribution in [3.8, 4) is 0 Å². The summed E-state index contributed by atoms with van der Waals surface area (Å²) in [7, 11) is 0. The Balaban J connectivity index is 1.68. The molecule has 0 bridgehead atoms. The van der Waals surface area contributed by atoms with Crippen molar-refractivity contribution in [3.05, 3.63) is 66.0 Å². The van der Waals surface area contributed by atoms with E-state index in [2.05, 4.69) is 5.32 Å². The maximum atomic E-state index is 13.6. The number of hydrogen-bond donors (Lipinski definition) is 1. The highest BCUT2D eigenvalue weighted by Gasteiger charge is 2.37. The Labute approximate surface area is 140 Å². The zero-order valence-electron chi connectivity index (χ0n) is 13.4. The van der Waals surface area contributed by atoms with Crippen LogP contribution in [0.1, 0.15) is 24.9 Å². The number of hydrogen-bond acceptors (Lipinski definition) is 2. The predicted molar refractivity (Wildman–Crippen MR) is 89.7 cm³/mol. The fourth-order valence-corrected chi connectivity index (χ4v) is 2.99. The Kier molecular flexibility index (Phi) is 4.60. The molecule has 1 saturated heterocycles. The molecule has 2 amide bonds. The number of nitrogens with zero attached hydrogens (tertiary/aromatic N) is 1. The molecule has 5 heteroatoms. The standard InChI is InChI=1S/C19H19FN2O2/c1-13(14-7-3-2-4-8-14)22-12-15(11-18(22)23)19(24)21-17-10-6-5-9-16(17)20/h2-10,13,15H,11-12H2,1H3,(H,21,24). The summed E-state index contributed by atoms with van der Waals surface area (Å²) < 4.78 is 13.6. The summed E-state index contributed by atoms with van der Waals surface area (Å²) in [6.45, 7) is 2.29. The Morgan fingerprint density at radius 1 is 1.17 bits per heavy atom. The minimum atomic E-state index is -0.482. The first-order chi connectivity index (χ1) is 11.6. The van der Waals surface area contributed by atoms with Gasteiger partial charge >= 0.3 is 0 Å². The molecule has 2 aromatic carbocycles. The van der Waals surface area contributed by atoms with Gasteiger partial charge in [-0.1, -0.05) is 42.5 Å². The van der Waals surface area contributed by atoms with Gasteiger partial charge in [-0.3, -0.25) is 9.59 Å². The van der Waals surface area contributed by atoms with E-state index in [4.69, 9.17) is 0 Å². The molecule has 1 aliphatic heterocycles. The molecule has 1 fully saturated rings. The summed E-state index contributed by atoms with van der Waals surface area (Å²) >= 11 is 0. The normalized spacial score (nSPS) is 18.5. The number of likely N-dealkylation sites (tertiary alicyclic amines) is 1. The highest BCUT2D eigenvalue weighted by atomic mass is 19.1. The van der Waals surface area contributed by atoms with Crippen molar-refractivity contribution in [2.75, 3.05) is 11.9 Å². The van der Waals surface area contributed by atoms with E-state index in [1.807, 2.05) is 37.3 Å². The van der Waals surface area contributed by atoms with Crippen molar-refractivity contribution in [2.45, 2.75) is 19.4 Å². The lowest BCUT2D eigenvalue weighted by Crippen LogP contribution is -2.30. The number of benzene rings is 2. The van der Waals surface area contributed by atoms with Crippen molar-refractivity contribution in [1.82, 2.24) is 4.90 Å². The van der Waals surface area contributed by atoms with Crippen LogP contribution in [-0.4, -0.2) is 23.3 Å². The first-order valence-corrected chi connectivity index (χ1v) is 7.96. The molecule has 4 nitrogen and oxygen atoms in total. The predicted octanol–water partition coefficient (Wildman–Crippen LogP) is 3.37. The van der Waals surface area contributed by atoms with E-state index in [-0.39, 0.29) is 30.0 Å². The van der Waals surface area contributed by atoms with Gasteiger partial charge in [-0.2, -0.15) is 0 Å². The molecule has 0 radical (unpaired) electrons. The van der Waals surface area contributed by atoms with Crippen LogP contribution in [0.4, 0.5) is 10.1 Å². The Hall–Kier alpha value is -2.69. The molecule has 0 aromatic heterocycles. The largest absolute Gasteiger partial charge is 0.335 e. The summed E-state index contributed by atoms with van der Waals surface area (Å²) in [6, 6.07) is 15.6.